The normalized spacial score (nSPS) is 20.8. The number of fused-ring (bicyclic) bond motifs is 1. The lowest BCUT2D eigenvalue weighted by atomic mass is 9.89. The van der Waals surface area contributed by atoms with Crippen LogP contribution in [0.25, 0.3) is 0 Å². The highest BCUT2D eigenvalue weighted by Crippen LogP contribution is 2.32. The van der Waals surface area contributed by atoms with Crippen molar-refractivity contribution in [2.24, 2.45) is 22.4 Å². The molecule has 8 heteroatoms. The average molecular weight is 424 g/mol. The Morgan fingerprint density at radius 1 is 1.23 bits per heavy atom. The predicted molar refractivity (Wildman–Crippen MR) is 116 cm³/mol. The fourth-order valence-electron chi connectivity index (χ4n) is 3.13. The van der Waals surface area contributed by atoms with E-state index in [1.165, 1.54) is 17.6 Å². The van der Waals surface area contributed by atoms with Crippen molar-refractivity contribution in [1.29, 1.82) is 0 Å². The summed E-state index contributed by atoms with van der Waals surface area (Å²) in [6.45, 7) is 4.43. The molecule has 0 fully saturated rings. The molecular weight excluding hydrogens is 395 g/mol. The number of hydrogen-bond acceptors (Lipinski definition) is 5. The molecule has 0 radical (unpaired) electrons. The first-order valence-corrected chi connectivity index (χ1v) is 8.38. The van der Waals surface area contributed by atoms with Crippen molar-refractivity contribution in [3.05, 3.63) is 35.4 Å². The Balaban J connectivity index is 0.00000208. The monoisotopic (exact) mass is 422 g/mol. The second kappa shape index (κ2) is 11.7. The Hall–Kier alpha value is -0.980. The zero-order valence-corrected chi connectivity index (χ0v) is 17.4. The topological polar surface area (TPSA) is 85.7 Å². The summed E-state index contributed by atoms with van der Waals surface area (Å²) in [5.74, 6) is 1.98. The van der Waals surface area contributed by atoms with E-state index in [0.717, 1.165) is 43.9 Å². The fraction of sp³-hybridized carbons (Fsp3) is 0.500. The van der Waals surface area contributed by atoms with E-state index in [1.807, 2.05) is 19.1 Å². The van der Waals surface area contributed by atoms with Crippen LogP contribution in [0, 0.1) is 5.92 Å². The van der Waals surface area contributed by atoms with Gasteiger partial charge in [-0.3, -0.25) is 0 Å². The Morgan fingerprint density at radius 2 is 2.00 bits per heavy atom. The minimum Gasteiger partial charge on any atom is -0.481 e. The number of aliphatic imine (C=N–C) groups is 1. The molecule has 0 amide bonds. The van der Waals surface area contributed by atoms with Gasteiger partial charge in [0, 0.05) is 13.1 Å². The summed E-state index contributed by atoms with van der Waals surface area (Å²) >= 11 is 0. The van der Waals surface area contributed by atoms with Crippen LogP contribution in [0.3, 0.4) is 0 Å². The van der Waals surface area contributed by atoms with Crippen molar-refractivity contribution < 1.29 is 4.74 Å². The first kappa shape index (κ1) is 25.0. The molecule has 0 bridgehead atoms. The fourth-order valence-corrected chi connectivity index (χ4v) is 3.13. The maximum Gasteiger partial charge on any atom is 0.153 e. The minimum atomic E-state index is -0.153. The van der Waals surface area contributed by atoms with E-state index in [4.69, 9.17) is 16.2 Å². The van der Waals surface area contributed by atoms with Crippen molar-refractivity contribution in [1.82, 2.24) is 5.32 Å². The van der Waals surface area contributed by atoms with Crippen LogP contribution in [-0.4, -0.2) is 25.0 Å². The van der Waals surface area contributed by atoms with Crippen LogP contribution in [-0.2, 0) is 6.54 Å². The molecule has 26 heavy (non-hydrogen) atoms. The maximum absolute atomic E-state index is 5.86. The van der Waals surface area contributed by atoms with E-state index in [0.29, 0.717) is 11.8 Å². The summed E-state index contributed by atoms with van der Waals surface area (Å²) in [5, 5.41) is 3.51. The third kappa shape index (κ3) is 6.32. The summed E-state index contributed by atoms with van der Waals surface area (Å²) in [6.07, 6.45) is 5.70. The van der Waals surface area contributed by atoms with Crippen LogP contribution < -0.4 is 21.5 Å². The molecule has 5 nitrogen and oxygen atoms in total. The van der Waals surface area contributed by atoms with Gasteiger partial charge in [-0.15, -0.1) is 37.2 Å². The molecule has 0 spiro atoms. The average Bonchev–Trinajstić information content (AvgIpc) is 2.56. The molecule has 2 atom stereocenters. The summed E-state index contributed by atoms with van der Waals surface area (Å²) in [4.78, 5) is 4.42. The van der Waals surface area contributed by atoms with Gasteiger partial charge in [-0.1, -0.05) is 17.7 Å². The maximum atomic E-state index is 5.86. The summed E-state index contributed by atoms with van der Waals surface area (Å²) in [7, 11) is 0. The molecule has 1 aliphatic heterocycles. The van der Waals surface area contributed by atoms with Gasteiger partial charge in [0.15, 0.2) is 6.10 Å². The molecule has 1 aromatic carbocycles. The van der Waals surface area contributed by atoms with Gasteiger partial charge in [-0.05, 0) is 56.3 Å². The van der Waals surface area contributed by atoms with E-state index in [9.17, 15) is 0 Å². The molecule has 0 aromatic heterocycles. The Morgan fingerprint density at radius 3 is 2.73 bits per heavy atom. The number of rotatable bonds is 5. The molecule has 2 unspecified atom stereocenters. The number of hydrogen-bond donors (Lipinski definition) is 3. The third-order valence-corrected chi connectivity index (χ3v) is 4.57. The van der Waals surface area contributed by atoms with Gasteiger partial charge in [0.05, 0.1) is 0 Å². The SMILES string of the molecule is CC1Oc2ccc(CNCC3=CCCC(CN)C3)cc2N=C1N.Cl.Cl.Cl. The largest absolute Gasteiger partial charge is 0.481 e. The van der Waals surface area contributed by atoms with E-state index in [1.54, 1.807) is 0 Å². The molecule has 148 valence electrons. The molecule has 1 aliphatic carbocycles. The molecular formula is C18H29Cl3N4O. The number of nitrogens with one attached hydrogen (secondary N) is 1. The summed E-state index contributed by atoms with van der Waals surface area (Å²) < 4.78 is 5.73. The molecule has 0 saturated heterocycles. The second-order valence-electron chi connectivity index (χ2n) is 6.45. The molecule has 2 aliphatic rings. The van der Waals surface area contributed by atoms with Crippen molar-refractivity contribution in [3.63, 3.8) is 0 Å². The van der Waals surface area contributed by atoms with Crippen molar-refractivity contribution in [2.45, 2.75) is 38.8 Å². The van der Waals surface area contributed by atoms with Gasteiger partial charge < -0.3 is 21.5 Å². The van der Waals surface area contributed by atoms with E-state index < -0.39 is 0 Å². The zero-order valence-electron chi connectivity index (χ0n) is 14.9. The minimum absolute atomic E-state index is 0. The number of benzene rings is 1. The van der Waals surface area contributed by atoms with Crippen LogP contribution in [0.4, 0.5) is 5.69 Å². The molecule has 0 saturated carbocycles. The van der Waals surface area contributed by atoms with Gasteiger partial charge in [0.25, 0.3) is 0 Å². The van der Waals surface area contributed by atoms with Crippen molar-refractivity contribution in [2.75, 3.05) is 13.1 Å². The van der Waals surface area contributed by atoms with Gasteiger partial charge in [-0.2, -0.15) is 0 Å². The second-order valence-corrected chi connectivity index (χ2v) is 6.45. The van der Waals surface area contributed by atoms with Crippen LogP contribution >= 0.6 is 37.2 Å². The number of ether oxygens (including phenoxy) is 1. The number of halogens is 3. The molecule has 1 heterocycles. The Labute approximate surface area is 174 Å². The lowest BCUT2D eigenvalue weighted by Gasteiger charge is -2.22. The van der Waals surface area contributed by atoms with Gasteiger partial charge >= 0.3 is 0 Å². The molecule has 1 aromatic rings. The van der Waals surface area contributed by atoms with Crippen molar-refractivity contribution in [3.8, 4) is 5.75 Å². The Kier molecular flexibility index (Phi) is 11.2. The smallest absolute Gasteiger partial charge is 0.153 e. The highest BCUT2D eigenvalue weighted by Gasteiger charge is 2.18. The predicted octanol–water partition coefficient (Wildman–Crippen LogP) is 3.50. The molecule has 5 N–H and O–H groups in total. The first-order chi connectivity index (χ1) is 11.2. The summed E-state index contributed by atoms with van der Waals surface area (Å²) in [6, 6.07) is 6.09. The van der Waals surface area contributed by atoms with E-state index >= 15 is 0 Å². The highest BCUT2D eigenvalue weighted by molar-refractivity contribution is 5.89. The van der Waals surface area contributed by atoms with Crippen LogP contribution in [0.5, 0.6) is 5.75 Å². The number of allylic oxidation sites excluding steroid dienone is 1. The van der Waals surface area contributed by atoms with Crippen molar-refractivity contribution >= 4 is 48.7 Å². The Bertz CT molecular complexity index is 637. The third-order valence-electron chi connectivity index (χ3n) is 4.57. The summed E-state index contributed by atoms with van der Waals surface area (Å²) in [5.41, 5.74) is 15.1. The lowest BCUT2D eigenvalue weighted by molar-refractivity contribution is 0.281. The van der Waals surface area contributed by atoms with Crippen LogP contribution in [0.1, 0.15) is 31.7 Å². The van der Waals surface area contributed by atoms with Crippen LogP contribution in [0.15, 0.2) is 34.8 Å². The zero-order chi connectivity index (χ0) is 16.2. The van der Waals surface area contributed by atoms with Gasteiger partial charge in [0.1, 0.15) is 17.3 Å². The number of nitrogens with two attached hydrogens (primary N) is 2. The van der Waals surface area contributed by atoms with Crippen LogP contribution in [0.2, 0.25) is 0 Å². The standard InChI is InChI=1S/C18H26N4O.3ClH/c1-12-18(20)22-16-8-15(5-6-17(16)23-12)11-21-10-14-4-2-3-13(7-14)9-19;;;/h4-6,8,12-13,21H,2-3,7,9-11,19H2,1H3,(H2,20,22);3*1H. The van der Waals surface area contributed by atoms with E-state index in [-0.39, 0.29) is 43.3 Å². The van der Waals surface area contributed by atoms with E-state index in [2.05, 4.69) is 22.5 Å². The van der Waals surface area contributed by atoms with Gasteiger partial charge in [0.2, 0.25) is 0 Å². The number of amidine groups is 1. The molecule has 3 rings (SSSR count). The quantitative estimate of drug-likeness (QED) is 0.633. The highest BCUT2D eigenvalue weighted by atomic mass is 35.5. The van der Waals surface area contributed by atoms with Gasteiger partial charge in [-0.25, -0.2) is 4.99 Å². The lowest BCUT2D eigenvalue weighted by Crippen LogP contribution is -2.33. The first-order valence-electron chi connectivity index (χ1n) is 8.38. The number of nitrogens with zero attached hydrogens (tertiary/aromatic N) is 1.